The van der Waals surface area contributed by atoms with E-state index in [1.165, 1.54) is 4.88 Å². The lowest BCUT2D eigenvalue weighted by molar-refractivity contribution is 0.0949. The average molecular weight is 434 g/mol. The number of amides is 1. The van der Waals surface area contributed by atoms with Gasteiger partial charge in [0.15, 0.2) is 17.2 Å². The molecule has 4 rings (SSSR count). The molecule has 7 heteroatoms. The Kier molecular flexibility index (Phi) is 6.33. The van der Waals surface area contributed by atoms with E-state index in [0.717, 1.165) is 23.2 Å². The van der Waals surface area contributed by atoms with Crippen LogP contribution in [0, 0.1) is 0 Å². The summed E-state index contributed by atoms with van der Waals surface area (Å²) >= 11 is 1.68. The van der Waals surface area contributed by atoms with Crippen LogP contribution in [-0.4, -0.2) is 36.5 Å². The molecule has 0 fully saturated rings. The molecule has 1 amide bonds. The van der Waals surface area contributed by atoms with E-state index in [2.05, 4.69) is 16.5 Å². The van der Waals surface area contributed by atoms with E-state index in [0.29, 0.717) is 23.7 Å². The Morgan fingerprint density at radius 1 is 1.03 bits per heavy atom. The number of nitrogens with one attached hydrogen (secondary N) is 1. The largest absolute Gasteiger partial charge is 0.493 e. The molecule has 2 aromatic heterocycles. The highest BCUT2D eigenvalue weighted by molar-refractivity contribution is 7.09. The van der Waals surface area contributed by atoms with Gasteiger partial charge in [0.1, 0.15) is 0 Å². The van der Waals surface area contributed by atoms with Gasteiger partial charge in [0.25, 0.3) is 5.91 Å². The standard InChI is InChI=1S/C24H23N3O3S/c1-29-21-11-10-17(15-22(21)30-2)20-16-27(18-7-4-3-5-8-18)26-23(20)24(28)25-13-12-19-9-6-14-31-19/h3-11,14-16H,12-13H2,1-2H3,(H,25,28). The number of benzene rings is 2. The smallest absolute Gasteiger partial charge is 0.272 e. The van der Waals surface area contributed by atoms with E-state index in [9.17, 15) is 4.79 Å². The van der Waals surface area contributed by atoms with Crippen LogP contribution in [0.5, 0.6) is 11.5 Å². The van der Waals surface area contributed by atoms with Gasteiger partial charge in [0.05, 0.1) is 19.9 Å². The van der Waals surface area contributed by atoms with Gasteiger partial charge >= 0.3 is 0 Å². The molecule has 0 aliphatic rings. The molecule has 0 bridgehead atoms. The predicted octanol–water partition coefficient (Wildman–Crippen LogP) is 4.59. The Hall–Kier alpha value is -3.58. The summed E-state index contributed by atoms with van der Waals surface area (Å²) in [7, 11) is 3.19. The molecule has 0 aliphatic carbocycles. The highest BCUT2D eigenvalue weighted by Gasteiger charge is 2.20. The minimum absolute atomic E-state index is 0.212. The topological polar surface area (TPSA) is 65.4 Å². The fourth-order valence-corrected chi connectivity index (χ4v) is 4.02. The van der Waals surface area contributed by atoms with Crippen molar-refractivity contribution in [1.29, 1.82) is 0 Å². The van der Waals surface area contributed by atoms with Crippen LogP contribution in [0.2, 0.25) is 0 Å². The number of carbonyl (C=O) groups is 1. The third-order valence-corrected chi connectivity index (χ3v) is 5.82. The first-order valence-corrected chi connectivity index (χ1v) is 10.8. The lowest BCUT2D eigenvalue weighted by Gasteiger charge is -2.10. The molecule has 1 N–H and O–H groups in total. The molecule has 0 saturated heterocycles. The van der Waals surface area contributed by atoms with Crippen molar-refractivity contribution in [3.8, 4) is 28.3 Å². The molecule has 0 atom stereocenters. The van der Waals surface area contributed by atoms with Gasteiger partial charge in [-0.25, -0.2) is 4.68 Å². The van der Waals surface area contributed by atoms with Gasteiger partial charge < -0.3 is 14.8 Å². The molecular formula is C24H23N3O3S. The van der Waals surface area contributed by atoms with Gasteiger partial charge in [-0.15, -0.1) is 11.3 Å². The molecular weight excluding hydrogens is 410 g/mol. The predicted molar refractivity (Wildman–Crippen MR) is 122 cm³/mol. The number of methoxy groups -OCH3 is 2. The van der Waals surface area contributed by atoms with Gasteiger partial charge in [-0.2, -0.15) is 5.10 Å². The van der Waals surface area contributed by atoms with Gasteiger partial charge in [-0.05, 0) is 47.7 Å². The monoisotopic (exact) mass is 433 g/mol. The summed E-state index contributed by atoms with van der Waals surface area (Å²) in [6.45, 7) is 0.545. The molecule has 2 aromatic carbocycles. The van der Waals surface area contributed by atoms with E-state index >= 15 is 0 Å². The van der Waals surface area contributed by atoms with Crippen molar-refractivity contribution in [2.45, 2.75) is 6.42 Å². The van der Waals surface area contributed by atoms with Crippen molar-refractivity contribution < 1.29 is 14.3 Å². The Bertz CT molecular complexity index is 1150. The number of hydrogen-bond acceptors (Lipinski definition) is 5. The first-order valence-electron chi connectivity index (χ1n) is 9.87. The number of nitrogens with zero attached hydrogens (tertiary/aromatic N) is 2. The number of ether oxygens (including phenoxy) is 2. The van der Waals surface area contributed by atoms with Crippen molar-refractivity contribution >= 4 is 17.2 Å². The SMILES string of the molecule is COc1ccc(-c2cn(-c3ccccc3)nc2C(=O)NCCc2cccs2)cc1OC. The lowest BCUT2D eigenvalue weighted by Crippen LogP contribution is -2.26. The van der Waals surface area contributed by atoms with Crippen LogP contribution in [0.15, 0.2) is 72.2 Å². The van der Waals surface area contributed by atoms with Crippen molar-refractivity contribution in [2.75, 3.05) is 20.8 Å². The van der Waals surface area contributed by atoms with Crippen LogP contribution in [0.25, 0.3) is 16.8 Å². The molecule has 0 radical (unpaired) electrons. The van der Waals surface area contributed by atoms with Crippen LogP contribution >= 0.6 is 11.3 Å². The van der Waals surface area contributed by atoms with E-state index in [1.54, 1.807) is 30.2 Å². The third-order valence-electron chi connectivity index (χ3n) is 4.88. The Morgan fingerprint density at radius 3 is 2.55 bits per heavy atom. The van der Waals surface area contributed by atoms with Crippen molar-refractivity contribution in [1.82, 2.24) is 15.1 Å². The summed E-state index contributed by atoms with van der Waals surface area (Å²) in [5.41, 5.74) is 2.78. The van der Waals surface area contributed by atoms with Crippen molar-refractivity contribution in [3.05, 3.63) is 82.8 Å². The second kappa shape index (κ2) is 9.49. The Balaban J connectivity index is 1.67. The molecule has 31 heavy (non-hydrogen) atoms. The number of rotatable bonds is 8. The summed E-state index contributed by atoms with van der Waals surface area (Å²) in [6, 6.07) is 19.4. The highest BCUT2D eigenvalue weighted by atomic mass is 32.1. The number of hydrogen-bond donors (Lipinski definition) is 1. The summed E-state index contributed by atoms with van der Waals surface area (Å²) < 4.78 is 12.5. The zero-order valence-electron chi connectivity index (χ0n) is 17.4. The average Bonchev–Trinajstić information content (AvgIpc) is 3.49. The second-order valence-electron chi connectivity index (χ2n) is 6.83. The van der Waals surface area contributed by atoms with E-state index in [-0.39, 0.29) is 5.91 Å². The van der Waals surface area contributed by atoms with Crippen LogP contribution in [0.3, 0.4) is 0 Å². The summed E-state index contributed by atoms with van der Waals surface area (Å²) in [6.07, 6.45) is 2.65. The van der Waals surface area contributed by atoms with Gasteiger partial charge in [-0.3, -0.25) is 4.79 Å². The molecule has 0 aliphatic heterocycles. The third kappa shape index (κ3) is 4.62. The fourth-order valence-electron chi connectivity index (χ4n) is 3.31. The quantitative estimate of drug-likeness (QED) is 0.441. The minimum Gasteiger partial charge on any atom is -0.493 e. The number of aromatic nitrogens is 2. The molecule has 158 valence electrons. The number of thiophene rings is 1. The van der Waals surface area contributed by atoms with E-state index < -0.39 is 0 Å². The fraction of sp³-hybridized carbons (Fsp3) is 0.167. The molecule has 0 saturated carbocycles. The number of para-hydroxylation sites is 1. The Morgan fingerprint density at radius 2 is 1.84 bits per heavy atom. The van der Waals surface area contributed by atoms with Gasteiger partial charge in [-0.1, -0.05) is 30.3 Å². The highest BCUT2D eigenvalue weighted by Crippen LogP contribution is 2.34. The molecule has 0 spiro atoms. The maximum absolute atomic E-state index is 13.1. The summed E-state index contributed by atoms with van der Waals surface area (Å²) in [5, 5.41) is 9.64. The Labute approximate surface area is 185 Å². The normalized spacial score (nSPS) is 10.6. The van der Waals surface area contributed by atoms with Gasteiger partial charge in [0.2, 0.25) is 0 Å². The lowest BCUT2D eigenvalue weighted by atomic mass is 10.1. The molecule has 6 nitrogen and oxygen atoms in total. The number of carbonyl (C=O) groups excluding carboxylic acids is 1. The van der Waals surface area contributed by atoms with Crippen LogP contribution in [0.4, 0.5) is 0 Å². The maximum atomic E-state index is 13.1. The molecule has 2 heterocycles. The van der Waals surface area contributed by atoms with Gasteiger partial charge in [0, 0.05) is 23.2 Å². The van der Waals surface area contributed by atoms with Crippen molar-refractivity contribution in [3.63, 3.8) is 0 Å². The van der Waals surface area contributed by atoms with E-state index in [1.807, 2.05) is 66.2 Å². The summed E-state index contributed by atoms with van der Waals surface area (Å²) in [5.74, 6) is 1.01. The van der Waals surface area contributed by atoms with Crippen LogP contribution < -0.4 is 14.8 Å². The molecule has 4 aromatic rings. The van der Waals surface area contributed by atoms with Crippen LogP contribution in [0.1, 0.15) is 15.4 Å². The van der Waals surface area contributed by atoms with Crippen LogP contribution in [-0.2, 0) is 6.42 Å². The second-order valence-corrected chi connectivity index (χ2v) is 7.86. The minimum atomic E-state index is -0.212. The molecule has 0 unspecified atom stereocenters. The maximum Gasteiger partial charge on any atom is 0.272 e. The zero-order chi connectivity index (χ0) is 21.6. The van der Waals surface area contributed by atoms with E-state index in [4.69, 9.17) is 9.47 Å². The first-order chi connectivity index (χ1) is 15.2. The summed E-state index contributed by atoms with van der Waals surface area (Å²) in [4.78, 5) is 14.3. The first kappa shape index (κ1) is 20.7. The zero-order valence-corrected chi connectivity index (χ0v) is 18.2. The van der Waals surface area contributed by atoms with Crippen molar-refractivity contribution in [2.24, 2.45) is 0 Å².